The maximum atomic E-state index is 4.43. The first-order chi connectivity index (χ1) is 7.00. The van der Waals surface area contributed by atoms with Gasteiger partial charge in [-0.25, -0.2) is 0 Å². The Hall–Kier alpha value is -1.09. The van der Waals surface area contributed by atoms with Crippen LogP contribution >= 0.6 is 0 Å². The molecule has 84 valence electrons. The third-order valence-electron chi connectivity index (χ3n) is 2.52. The molecule has 0 aliphatic rings. The number of hydrogen-bond donors (Lipinski definition) is 1. The number of nitrogens with one attached hydrogen (secondary N) is 1. The number of rotatable bonds is 4. The van der Waals surface area contributed by atoms with Crippen LogP contribution in [-0.4, -0.2) is 37.1 Å². The molecule has 1 aromatic heterocycles. The van der Waals surface area contributed by atoms with Crippen molar-refractivity contribution in [1.82, 2.24) is 9.88 Å². The Morgan fingerprint density at radius 2 is 1.93 bits per heavy atom. The van der Waals surface area contributed by atoms with Gasteiger partial charge in [-0.15, -0.1) is 0 Å². The number of hydrogen-bond acceptors (Lipinski definition) is 3. The van der Waals surface area contributed by atoms with Crippen molar-refractivity contribution in [2.75, 3.05) is 32.5 Å². The van der Waals surface area contributed by atoms with Gasteiger partial charge in [0, 0.05) is 30.2 Å². The van der Waals surface area contributed by atoms with E-state index in [1.165, 1.54) is 11.3 Å². The van der Waals surface area contributed by atoms with Gasteiger partial charge in [-0.1, -0.05) is 0 Å². The van der Waals surface area contributed by atoms with Crippen LogP contribution in [0.25, 0.3) is 0 Å². The molecule has 0 unspecified atom stereocenters. The molecule has 1 rings (SSSR count). The molecule has 0 spiro atoms. The zero-order valence-corrected chi connectivity index (χ0v) is 10.4. The molecule has 0 aliphatic carbocycles. The van der Waals surface area contributed by atoms with E-state index in [1.54, 1.807) is 0 Å². The van der Waals surface area contributed by atoms with E-state index in [4.69, 9.17) is 0 Å². The summed E-state index contributed by atoms with van der Waals surface area (Å²) < 4.78 is 0. The van der Waals surface area contributed by atoms with Crippen LogP contribution in [0, 0.1) is 20.8 Å². The van der Waals surface area contributed by atoms with Gasteiger partial charge in [0.2, 0.25) is 0 Å². The fraction of sp³-hybridized carbons (Fsp3) is 0.583. The third kappa shape index (κ3) is 3.51. The predicted molar refractivity (Wildman–Crippen MR) is 65.5 cm³/mol. The van der Waals surface area contributed by atoms with Gasteiger partial charge in [0.05, 0.1) is 0 Å². The molecular formula is C12H21N3. The van der Waals surface area contributed by atoms with Crippen LogP contribution in [0.1, 0.15) is 17.0 Å². The molecule has 0 atom stereocenters. The molecule has 0 saturated carbocycles. The van der Waals surface area contributed by atoms with Crippen molar-refractivity contribution in [3.63, 3.8) is 0 Å². The molecule has 0 fully saturated rings. The second-order valence-corrected chi connectivity index (χ2v) is 4.25. The van der Waals surface area contributed by atoms with Crippen LogP contribution < -0.4 is 5.32 Å². The number of aromatic nitrogens is 1. The lowest BCUT2D eigenvalue weighted by atomic mass is 10.1. The van der Waals surface area contributed by atoms with Crippen molar-refractivity contribution in [1.29, 1.82) is 0 Å². The first kappa shape index (κ1) is 12.0. The van der Waals surface area contributed by atoms with Crippen molar-refractivity contribution in [3.8, 4) is 0 Å². The van der Waals surface area contributed by atoms with E-state index in [2.05, 4.69) is 49.2 Å². The summed E-state index contributed by atoms with van der Waals surface area (Å²) in [5.74, 6) is 0. The summed E-state index contributed by atoms with van der Waals surface area (Å²) >= 11 is 0. The van der Waals surface area contributed by atoms with Crippen LogP contribution in [-0.2, 0) is 0 Å². The molecule has 3 heteroatoms. The van der Waals surface area contributed by atoms with Crippen molar-refractivity contribution in [2.24, 2.45) is 0 Å². The molecule has 0 aromatic carbocycles. The first-order valence-corrected chi connectivity index (χ1v) is 5.34. The minimum Gasteiger partial charge on any atom is -0.383 e. The summed E-state index contributed by atoms with van der Waals surface area (Å²) in [6.07, 6.45) is 0. The lowest BCUT2D eigenvalue weighted by Crippen LogP contribution is -2.21. The molecule has 0 aliphatic heterocycles. The second kappa shape index (κ2) is 5.12. The van der Waals surface area contributed by atoms with Crippen LogP contribution in [0.2, 0.25) is 0 Å². The minimum absolute atomic E-state index is 0.969. The molecule has 1 heterocycles. The van der Waals surface area contributed by atoms with E-state index < -0.39 is 0 Å². The number of aryl methyl sites for hydroxylation is 2. The maximum absolute atomic E-state index is 4.43. The molecule has 0 bridgehead atoms. The highest BCUT2D eigenvalue weighted by molar-refractivity contribution is 5.52. The summed E-state index contributed by atoms with van der Waals surface area (Å²) in [6, 6.07) is 2.11. The van der Waals surface area contributed by atoms with Gasteiger partial charge >= 0.3 is 0 Å². The minimum atomic E-state index is 0.969. The van der Waals surface area contributed by atoms with Gasteiger partial charge in [0.15, 0.2) is 0 Å². The number of pyridine rings is 1. The molecule has 0 saturated heterocycles. The van der Waals surface area contributed by atoms with Gasteiger partial charge < -0.3 is 10.2 Å². The van der Waals surface area contributed by atoms with Crippen LogP contribution in [0.3, 0.4) is 0 Å². The summed E-state index contributed by atoms with van der Waals surface area (Å²) in [5.41, 5.74) is 4.65. The van der Waals surface area contributed by atoms with E-state index >= 15 is 0 Å². The summed E-state index contributed by atoms with van der Waals surface area (Å²) in [7, 11) is 4.16. The highest BCUT2D eigenvalue weighted by Gasteiger charge is 2.03. The van der Waals surface area contributed by atoms with E-state index in [1.807, 2.05) is 6.92 Å². The number of anilines is 1. The maximum Gasteiger partial charge on any atom is 0.0425 e. The van der Waals surface area contributed by atoms with E-state index in [9.17, 15) is 0 Å². The zero-order chi connectivity index (χ0) is 11.4. The topological polar surface area (TPSA) is 28.2 Å². The molecule has 3 nitrogen and oxygen atoms in total. The lowest BCUT2D eigenvalue weighted by molar-refractivity contribution is 0.425. The highest BCUT2D eigenvalue weighted by atomic mass is 15.1. The Morgan fingerprint density at radius 3 is 2.53 bits per heavy atom. The van der Waals surface area contributed by atoms with Crippen molar-refractivity contribution < 1.29 is 0 Å². The Bertz CT molecular complexity index is 332. The molecule has 15 heavy (non-hydrogen) atoms. The van der Waals surface area contributed by atoms with Crippen LogP contribution in [0.15, 0.2) is 6.07 Å². The largest absolute Gasteiger partial charge is 0.383 e. The van der Waals surface area contributed by atoms with Gasteiger partial charge in [0.25, 0.3) is 0 Å². The Morgan fingerprint density at radius 1 is 1.27 bits per heavy atom. The normalized spacial score (nSPS) is 10.8. The Balaban J connectivity index is 2.68. The van der Waals surface area contributed by atoms with Crippen LogP contribution in [0.5, 0.6) is 0 Å². The van der Waals surface area contributed by atoms with Gasteiger partial charge in [-0.05, 0) is 46.5 Å². The summed E-state index contributed by atoms with van der Waals surface area (Å²) in [6.45, 7) is 8.21. The standard InChI is InChI=1S/C12H21N3/c1-9-8-12(10(2)11(3)14-9)13-6-7-15(4)5/h8H,6-7H2,1-5H3,(H,13,14). The zero-order valence-electron chi connectivity index (χ0n) is 10.4. The smallest absolute Gasteiger partial charge is 0.0425 e. The molecular weight excluding hydrogens is 186 g/mol. The number of nitrogens with zero attached hydrogens (tertiary/aromatic N) is 2. The van der Waals surface area contributed by atoms with E-state index in [0.717, 1.165) is 24.5 Å². The fourth-order valence-electron chi connectivity index (χ4n) is 1.49. The van der Waals surface area contributed by atoms with Crippen molar-refractivity contribution >= 4 is 5.69 Å². The van der Waals surface area contributed by atoms with Gasteiger partial charge in [-0.2, -0.15) is 0 Å². The number of likely N-dealkylation sites (N-methyl/N-ethyl adjacent to an activating group) is 1. The van der Waals surface area contributed by atoms with Crippen molar-refractivity contribution in [3.05, 3.63) is 23.0 Å². The third-order valence-corrected chi connectivity index (χ3v) is 2.52. The van der Waals surface area contributed by atoms with Gasteiger partial charge in [0.1, 0.15) is 0 Å². The predicted octanol–water partition coefficient (Wildman–Crippen LogP) is 1.98. The second-order valence-electron chi connectivity index (χ2n) is 4.25. The SMILES string of the molecule is Cc1cc(NCCN(C)C)c(C)c(C)n1. The summed E-state index contributed by atoms with van der Waals surface area (Å²) in [5, 5.41) is 3.44. The van der Waals surface area contributed by atoms with Crippen LogP contribution in [0.4, 0.5) is 5.69 Å². The average molecular weight is 207 g/mol. The van der Waals surface area contributed by atoms with Crippen molar-refractivity contribution in [2.45, 2.75) is 20.8 Å². The van der Waals surface area contributed by atoms with Gasteiger partial charge in [-0.3, -0.25) is 4.98 Å². The lowest BCUT2D eigenvalue weighted by Gasteiger charge is -2.14. The molecule has 1 aromatic rings. The fourth-order valence-corrected chi connectivity index (χ4v) is 1.49. The quantitative estimate of drug-likeness (QED) is 0.818. The highest BCUT2D eigenvalue weighted by Crippen LogP contribution is 2.17. The molecule has 0 amide bonds. The van der Waals surface area contributed by atoms with E-state index in [-0.39, 0.29) is 0 Å². The molecule has 1 N–H and O–H groups in total. The summed E-state index contributed by atoms with van der Waals surface area (Å²) in [4.78, 5) is 6.60. The molecule has 0 radical (unpaired) electrons. The monoisotopic (exact) mass is 207 g/mol. The average Bonchev–Trinajstić information content (AvgIpc) is 2.12. The van der Waals surface area contributed by atoms with E-state index in [0.29, 0.717) is 0 Å². The Labute approximate surface area is 92.5 Å². The Kier molecular flexibility index (Phi) is 4.09. The first-order valence-electron chi connectivity index (χ1n) is 5.34.